The lowest BCUT2D eigenvalue weighted by molar-refractivity contribution is -0.124. The first-order valence-electron chi connectivity index (χ1n) is 6.40. The minimum Gasteiger partial charge on any atom is -0.390 e. The van der Waals surface area contributed by atoms with Crippen molar-refractivity contribution in [1.82, 2.24) is 5.32 Å². The van der Waals surface area contributed by atoms with E-state index < -0.39 is 25.0 Å². The summed E-state index contributed by atoms with van der Waals surface area (Å²) in [5.74, 6) is -3.26. The first-order valence-corrected chi connectivity index (χ1v) is 6.40. The van der Waals surface area contributed by atoms with Crippen molar-refractivity contribution in [3.8, 4) is 0 Å². The maximum atomic E-state index is 12.7. The highest BCUT2D eigenvalue weighted by atomic mass is 19.3. The van der Waals surface area contributed by atoms with E-state index in [4.69, 9.17) is 10.8 Å². The summed E-state index contributed by atoms with van der Waals surface area (Å²) in [6.07, 6.45) is 3.77. The van der Waals surface area contributed by atoms with Crippen molar-refractivity contribution >= 4 is 5.91 Å². The Morgan fingerprint density at radius 2 is 2.06 bits per heavy atom. The van der Waals surface area contributed by atoms with Crippen molar-refractivity contribution in [2.45, 2.75) is 45.0 Å². The molecule has 0 aromatic heterocycles. The predicted molar refractivity (Wildman–Crippen MR) is 66.3 cm³/mol. The normalized spacial score (nSPS) is 13.4. The van der Waals surface area contributed by atoms with Crippen molar-refractivity contribution in [2.24, 2.45) is 11.7 Å². The second-order valence-corrected chi connectivity index (χ2v) is 4.56. The van der Waals surface area contributed by atoms with Gasteiger partial charge in [-0.1, -0.05) is 19.8 Å². The van der Waals surface area contributed by atoms with Crippen molar-refractivity contribution in [3.63, 3.8) is 0 Å². The van der Waals surface area contributed by atoms with E-state index in [1.54, 1.807) is 0 Å². The molecule has 0 aromatic carbocycles. The predicted octanol–water partition coefficient (Wildman–Crippen LogP) is 1.28. The summed E-state index contributed by atoms with van der Waals surface area (Å²) in [6, 6.07) is 0. The largest absolute Gasteiger partial charge is 0.390 e. The Kier molecular flexibility index (Phi) is 8.83. The maximum absolute atomic E-state index is 12.7. The Labute approximate surface area is 107 Å². The van der Waals surface area contributed by atoms with Gasteiger partial charge in [-0.05, 0) is 25.3 Å². The number of alkyl halides is 2. The Morgan fingerprint density at radius 1 is 1.39 bits per heavy atom. The van der Waals surface area contributed by atoms with Crippen LogP contribution in [0.25, 0.3) is 0 Å². The average Bonchev–Trinajstić information content (AvgIpc) is 2.34. The minimum absolute atomic E-state index is 0.228. The standard InChI is InChI=1S/C12H24F2N2O2/c1-2-3-10(6-7-15)4-5-11(18)16-8-12(13,14)9-17/h10,17H,2-9,15H2,1H3,(H,16,18). The van der Waals surface area contributed by atoms with E-state index in [1.807, 2.05) is 0 Å². The molecule has 0 aliphatic heterocycles. The molecule has 0 radical (unpaired) electrons. The topological polar surface area (TPSA) is 75.4 Å². The fraction of sp³-hybridized carbons (Fsp3) is 0.917. The van der Waals surface area contributed by atoms with Gasteiger partial charge in [0.2, 0.25) is 5.91 Å². The molecule has 1 unspecified atom stereocenters. The zero-order chi connectivity index (χ0) is 14.0. The second-order valence-electron chi connectivity index (χ2n) is 4.56. The van der Waals surface area contributed by atoms with Crippen molar-refractivity contribution < 1.29 is 18.7 Å². The Balaban J connectivity index is 3.86. The SMILES string of the molecule is CCCC(CCN)CCC(=O)NCC(F)(F)CO. The summed E-state index contributed by atoms with van der Waals surface area (Å²) in [5.41, 5.74) is 5.47. The van der Waals surface area contributed by atoms with Crippen molar-refractivity contribution in [2.75, 3.05) is 19.7 Å². The number of aliphatic hydroxyl groups excluding tert-OH is 1. The van der Waals surface area contributed by atoms with Crippen molar-refractivity contribution in [1.29, 1.82) is 0 Å². The Hall–Kier alpha value is -0.750. The van der Waals surface area contributed by atoms with Crippen LogP contribution >= 0.6 is 0 Å². The molecule has 4 N–H and O–H groups in total. The van der Waals surface area contributed by atoms with Crippen LogP contribution in [0.5, 0.6) is 0 Å². The summed E-state index contributed by atoms with van der Waals surface area (Å²) < 4.78 is 25.3. The van der Waals surface area contributed by atoms with Gasteiger partial charge < -0.3 is 16.2 Å². The van der Waals surface area contributed by atoms with E-state index in [-0.39, 0.29) is 6.42 Å². The smallest absolute Gasteiger partial charge is 0.287 e. The molecule has 0 saturated heterocycles. The molecular weight excluding hydrogens is 242 g/mol. The van der Waals surface area contributed by atoms with Gasteiger partial charge in [0.1, 0.15) is 6.61 Å². The lowest BCUT2D eigenvalue weighted by Gasteiger charge is -2.16. The highest BCUT2D eigenvalue weighted by Gasteiger charge is 2.28. The third-order valence-electron chi connectivity index (χ3n) is 2.83. The molecule has 1 atom stereocenters. The number of carbonyl (C=O) groups excluding carboxylic acids is 1. The second kappa shape index (κ2) is 9.22. The van der Waals surface area contributed by atoms with Crippen LogP contribution in [0.15, 0.2) is 0 Å². The quantitative estimate of drug-likeness (QED) is 0.557. The molecule has 0 aliphatic rings. The van der Waals surface area contributed by atoms with Gasteiger partial charge in [-0.25, -0.2) is 8.78 Å². The van der Waals surface area contributed by atoms with Crippen LogP contribution in [-0.4, -0.2) is 36.6 Å². The number of aliphatic hydroxyl groups is 1. The molecule has 0 spiro atoms. The van der Waals surface area contributed by atoms with E-state index in [0.29, 0.717) is 18.9 Å². The third-order valence-corrected chi connectivity index (χ3v) is 2.83. The number of hydrogen-bond acceptors (Lipinski definition) is 3. The van der Waals surface area contributed by atoms with Crippen LogP contribution in [-0.2, 0) is 4.79 Å². The van der Waals surface area contributed by atoms with Gasteiger partial charge in [0.15, 0.2) is 0 Å². The van der Waals surface area contributed by atoms with Crippen molar-refractivity contribution in [3.05, 3.63) is 0 Å². The summed E-state index contributed by atoms with van der Waals surface area (Å²) in [7, 11) is 0. The van der Waals surface area contributed by atoms with Gasteiger partial charge in [-0.15, -0.1) is 0 Å². The zero-order valence-corrected chi connectivity index (χ0v) is 10.9. The summed E-state index contributed by atoms with van der Waals surface area (Å²) in [6.45, 7) is 0.580. The van der Waals surface area contributed by atoms with Gasteiger partial charge in [0, 0.05) is 6.42 Å². The molecule has 6 heteroatoms. The first kappa shape index (κ1) is 17.2. The number of rotatable bonds is 10. The van der Waals surface area contributed by atoms with Crippen LogP contribution in [0.3, 0.4) is 0 Å². The van der Waals surface area contributed by atoms with E-state index in [1.165, 1.54) is 0 Å². The molecule has 0 heterocycles. The van der Waals surface area contributed by atoms with E-state index >= 15 is 0 Å². The van der Waals surface area contributed by atoms with Crippen LogP contribution in [0.2, 0.25) is 0 Å². The Bertz CT molecular complexity index is 232. The highest BCUT2D eigenvalue weighted by molar-refractivity contribution is 5.75. The third kappa shape index (κ3) is 8.36. The minimum atomic E-state index is -3.24. The number of hydrogen-bond donors (Lipinski definition) is 3. The summed E-state index contributed by atoms with van der Waals surface area (Å²) in [5, 5.41) is 10.5. The van der Waals surface area contributed by atoms with E-state index in [0.717, 1.165) is 19.3 Å². The van der Waals surface area contributed by atoms with Crippen LogP contribution in [0.4, 0.5) is 8.78 Å². The van der Waals surface area contributed by atoms with Crippen LogP contribution in [0, 0.1) is 5.92 Å². The number of halogens is 2. The zero-order valence-electron chi connectivity index (χ0n) is 10.9. The molecule has 0 saturated carbocycles. The lowest BCUT2D eigenvalue weighted by atomic mass is 9.94. The molecule has 0 fully saturated rings. The first-order chi connectivity index (χ1) is 8.45. The number of nitrogens with one attached hydrogen (secondary N) is 1. The molecule has 0 aliphatic carbocycles. The fourth-order valence-electron chi connectivity index (χ4n) is 1.78. The molecule has 0 bridgehead atoms. The maximum Gasteiger partial charge on any atom is 0.287 e. The lowest BCUT2D eigenvalue weighted by Crippen LogP contribution is -2.39. The molecule has 1 amide bonds. The molecule has 0 aromatic rings. The number of carbonyl (C=O) groups is 1. The van der Waals surface area contributed by atoms with Gasteiger partial charge >= 0.3 is 0 Å². The number of nitrogens with two attached hydrogens (primary N) is 1. The fourth-order valence-corrected chi connectivity index (χ4v) is 1.78. The van der Waals surface area contributed by atoms with E-state index in [9.17, 15) is 13.6 Å². The van der Waals surface area contributed by atoms with Crippen LogP contribution in [0.1, 0.15) is 39.0 Å². The van der Waals surface area contributed by atoms with Gasteiger partial charge in [-0.2, -0.15) is 0 Å². The van der Waals surface area contributed by atoms with Crippen LogP contribution < -0.4 is 11.1 Å². The monoisotopic (exact) mass is 266 g/mol. The highest BCUT2D eigenvalue weighted by Crippen LogP contribution is 2.17. The summed E-state index contributed by atoms with van der Waals surface area (Å²) >= 11 is 0. The number of amides is 1. The van der Waals surface area contributed by atoms with E-state index in [2.05, 4.69) is 12.2 Å². The van der Waals surface area contributed by atoms with Gasteiger partial charge in [-0.3, -0.25) is 4.79 Å². The molecular formula is C12H24F2N2O2. The molecule has 0 rings (SSSR count). The molecule has 108 valence electrons. The Morgan fingerprint density at radius 3 is 2.56 bits per heavy atom. The van der Waals surface area contributed by atoms with Gasteiger partial charge in [0.05, 0.1) is 6.54 Å². The van der Waals surface area contributed by atoms with Gasteiger partial charge in [0.25, 0.3) is 5.92 Å². The average molecular weight is 266 g/mol. The molecule has 18 heavy (non-hydrogen) atoms. The summed E-state index contributed by atoms with van der Waals surface area (Å²) in [4.78, 5) is 11.4. The molecule has 4 nitrogen and oxygen atoms in total.